The average molecular weight is 262 g/mol. The van der Waals surface area contributed by atoms with Crippen molar-refractivity contribution in [2.24, 2.45) is 0 Å². The highest BCUT2D eigenvalue weighted by Gasteiger charge is 2.35. The Hall–Kier alpha value is -2.04. The van der Waals surface area contributed by atoms with Gasteiger partial charge in [0.25, 0.3) is 0 Å². The summed E-state index contributed by atoms with van der Waals surface area (Å²) in [6.45, 7) is 2.69. The van der Waals surface area contributed by atoms with Crippen molar-refractivity contribution in [3.05, 3.63) is 30.3 Å². The van der Waals surface area contributed by atoms with Gasteiger partial charge < -0.3 is 15.0 Å². The van der Waals surface area contributed by atoms with E-state index < -0.39 is 6.04 Å². The molecule has 0 aromatic heterocycles. The molecule has 1 unspecified atom stereocenters. The molecule has 19 heavy (non-hydrogen) atoms. The van der Waals surface area contributed by atoms with E-state index in [9.17, 15) is 9.59 Å². The van der Waals surface area contributed by atoms with Gasteiger partial charge in [-0.2, -0.15) is 0 Å². The lowest BCUT2D eigenvalue weighted by atomic mass is 10.2. The third-order valence-electron chi connectivity index (χ3n) is 3.10. The van der Waals surface area contributed by atoms with Crippen LogP contribution in [0.4, 0.5) is 10.5 Å². The number of amides is 2. The number of carbonyl (C=O) groups is 2. The SMILES string of the molecule is CCOC(=O)C1CCCN1C(=O)Nc1ccccc1. The summed E-state index contributed by atoms with van der Waals surface area (Å²) in [7, 11) is 0. The van der Waals surface area contributed by atoms with Crippen LogP contribution in [-0.4, -0.2) is 36.1 Å². The van der Waals surface area contributed by atoms with Gasteiger partial charge in [-0.15, -0.1) is 0 Å². The standard InChI is InChI=1S/C14H18N2O3/c1-2-19-13(17)12-9-6-10-16(12)14(18)15-11-7-4-3-5-8-11/h3-5,7-8,12H,2,6,9-10H2,1H3,(H,15,18). The van der Waals surface area contributed by atoms with Crippen molar-refractivity contribution in [1.82, 2.24) is 4.90 Å². The van der Waals surface area contributed by atoms with Gasteiger partial charge in [-0.25, -0.2) is 9.59 Å². The van der Waals surface area contributed by atoms with Crippen LogP contribution in [0.2, 0.25) is 0 Å². The van der Waals surface area contributed by atoms with Crippen molar-refractivity contribution in [3.8, 4) is 0 Å². The zero-order valence-electron chi connectivity index (χ0n) is 11.0. The number of anilines is 1. The molecule has 2 amide bonds. The molecule has 1 aliphatic heterocycles. The number of rotatable bonds is 3. The van der Waals surface area contributed by atoms with Crippen LogP contribution < -0.4 is 5.32 Å². The molecule has 1 aromatic rings. The monoisotopic (exact) mass is 262 g/mol. The smallest absolute Gasteiger partial charge is 0.328 e. The number of hydrogen-bond donors (Lipinski definition) is 1. The van der Waals surface area contributed by atoms with Crippen LogP contribution in [0.1, 0.15) is 19.8 Å². The molecule has 0 spiro atoms. The van der Waals surface area contributed by atoms with Gasteiger partial charge in [0.2, 0.25) is 0 Å². The normalized spacial score (nSPS) is 18.2. The van der Waals surface area contributed by atoms with Gasteiger partial charge in [0.1, 0.15) is 6.04 Å². The molecule has 5 nitrogen and oxygen atoms in total. The fraction of sp³-hybridized carbons (Fsp3) is 0.429. The Labute approximate surface area is 112 Å². The number of nitrogens with zero attached hydrogens (tertiary/aromatic N) is 1. The van der Waals surface area contributed by atoms with Gasteiger partial charge in [0.15, 0.2) is 0 Å². The summed E-state index contributed by atoms with van der Waals surface area (Å²) in [5, 5.41) is 2.79. The highest BCUT2D eigenvalue weighted by molar-refractivity contribution is 5.93. The van der Waals surface area contributed by atoms with E-state index in [0.717, 1.165) is 12.1 Å². The van der Waals surface area contributed by atoms with Crippen molar-refractivity contribution < 1.29 is 14.3 Å². The number of esters is 1. The molecule has 1 fully saturated rings. The van der Waals surface area contributed by atoms with Gasteiger partial charge in [-0.05, 0) is 31.9 Å². The summed E-state index contributed by atoms with van der Waals surface area (Å²) in [5.41, 5.74) is 0.724. The molecule has 0 saturated carbocycles. The summed E-state index contributed by atoms with van der Waals surface area (Å²) in [6.07, 6.45) is 1.49. The molecule has 0 radical (unpaired) electrons. The van der Waals surface area contributed by atoms with Crippen LogP contribution in [0.25, 0.3) is 0 Å². The Morgan fingerprint density at radius 1 is 1.37 bits per heavy atom. The predicted octanol–water partition coefficient (Wildman–Crippen LogP) is 2.25. The summed E-state index contributed by atoms with van der Waals surface area (Å²) >= 11 is 0. The van der Waals surface area contributed by atoms with Crippen molar-refractivity contribution in [3.63, 3.8) is 0 Å². The molecule has 0 aliphatic carbocycles. The van der Waals surface area contributed by atoms with E-state index in [0.29, 0.717) is 19.6 Å². The maximum atomic E-state index is 12.1. The molecule has 1 atom stereocenters. The van der Waals surface area contributed by atoms with E-state index in [1.54, 1.807) is 11.8 Å². The highest BCUT2D eigenvalue weighted by Crippen LogP contribution is 2.20. The quantitative estimate of drug-likeness (QED) is 0.850. The van der Waals surface area contributed by atoms with Crippen molar-refractivity contribution >= 4 is 17.7 Å². The van der Waals surface area contributed by atoms with Gasteiger partial charge >= 0.3 is 12.0 Å². The number of likely N-dealkylation sites (tertiary alicyclic amines) is 1. The van der Waals surface area contributed by atoms with E-state index in [2.05, 4.69) is 5.32 Å². The topological polar surface area (TPSA) is 58.6 Å². The lowest BCUT2D eigenvalue weighted by Crippen LogP contribution is -2.43. The predicted molar refractivity (Wildman–Crippen MR) is 71.8 cm³/mol. The van der Waals surface area contributed by atoms with E-state index in [-0.39, 0.29) is 12.0 Å². The number of hydrogen-bond acceptors (Lipinski definition) is 3. The van der Waals surface area contributed by atoms with Crippen LogP contribution >= 0.6 is 0 Å². The molecular formula is C14H18N2O3. The van der Waals surface area contributed by atoms with Crippen molar-refractivity contribution in [2.45, 2.75) is 25.8 Å². The molecule has 2 rings (SSSR count). The van der Waals surface area contributed by atoms with E-state index in [1.165, 1.54) is 0 Å². The lowest BCUT2D eigenvalue weighted by Gasteiger charge is -2.23. The van der Waals surface area contributed by atoms with Crippen molar-refractivity contribution in [1.29, 1.82) is 0 Å². The fourth-order valence-electron chi connectivity index (χ4n) is 2.21. The third kappa shape index (κ3) is 3.24. The molecule has 1 saturated heterocycles. The fourth-order valence-corrected chi connectivity index (χ4v) is 2.21. The van der Waals surface area contributed by atoms with E-state index in [1.807, 2.05) is 30.3 Å². The summed E-state index contributed by atoms with van der Waals surface area (Å²) in [4.78, 5) is 25.5. The van der Waals surface area contributed by atoms with Crippen LogP contribution in [0, 0.1) is 0 Å². The summed E-state index contributed by atoms with van der Waals surface area (Å²) < 4.78 is 5.00. The maximum absolute atomic E-state index is 12.1. The second kappa shape index (κ2) is 6.22. The number of carbonyl (C=O) groups excluding carboxylic acids is 2. The Kier molecular flexibility index (Phi) is 4.39. The molecule has 5 heteroatoms. The Bertz CT molecular complexity index is 447. The first-order valence-corrected chi connectivity index (χ1v) is 6.51. The summed E-state index contributed by atoms with van der Waals surface area (Å²) in [5.74, 6) is -0.316. The molecule has 102 valence electrons. The highest BCUT2D eigenvalue weighted by atomic mass is 16.5. The minimum atomic E-state index is -0.455. The van der Waals surface area contributed by atoms with Crippen LogP contribution in [0.15, 0.2) is 30.3 Å². The molecule has 1 aliphatic rings. The van der Waals surface area contributed by atoms with Crippen LogP contribution in [-0.2, 0) is 9.53 Å². The first-order valence-electron chi connectivity index (χ1n) is 6.51. The van der Waals surface area contributed by atoms with E-state index in [4.69, 9.17) is 4.74 Å². The number of urea groups is 1. The first-order chi connectivity index (χ1) is 9.22. The number of nitrogens with one attached hydrogen (secondary N) is 1. The Morgan fingerprint density at radius 3 is 2.79 bits per heavy atom. The Balaban J connectivity index is 2.00. The van der Waals surface area contributed by atoms with Gasteiger partial charge in [-0.1, -0.05) is 18.2 Å². The van der Waals surface area contributed by atoms with Gasteiger partial charge in [-0.3, -0.25) is 0 Å². The Morgan fingerprint density at radius 2 is 2.11 bits per heavy atom. The number of benzene rings is 1. The average Bonchev–Trinajstić information content (AvgIpc) is 2.89. The van der Waals surface area contributed by atoms with Crippen molar-refractivity contribution in [2.75, 3.05) is 18.5 Å². The zero-order chi connectivity index (χ0) is 13.7. The third-order valence-corrected chi connectivity index (χ3v) is 3.10. The largest absolute Gasteiger partial charge is 0.464 e. The number of para-hydroxylation sites is 1. The first kappa shape index (κ1) is 13.4. The number of ether oxygens (including phenoxy) is 1. The zero-order valence-corrected chi connectivity index (χ0v) is 11.0. The van der Waals surface area contributed by atoms with Crippen LogP contribution in [0.5, 0.6) is 0 Å². The second-order valence-corrected chi connectivity index (χ2v) is 4.40. The minimum absolute atomic E-state index is 0.248. The molecule has 1 heterocycles. The second-order valence-electron chi connectivity index (χ2n) is 4.40. The maximum Gasteiger partial charge on any atom is 0.328 e. The van der Waals surface area contributed by atoms with Crippen LogP contribution in [0.3, 0.4) is 0 Å². The lowest BCUT2D eigenvalue weighted by molar-refractivity contribution is -0.147. The van der Waals surface area contributed by atoms with Gasteiger partial charge in [0, 0.05) is 12.2 Å². The molecule has 1 aromatic carbocycles. The van der Waals surface area contributed by atoms with E-state index >= 15 is 0 Å². The molecular weight excluding hydrogens is 244 g/mol. The van der Waals surface area contributed by atoms with Gasteiger partial charge in [0.05, 0.1) is 6.61 Å². The molecule has 0 bridgehead atoms. The summed E-state index contributed by atoms with van der Waals surface area (Å²) in [6, 6.07) is 8.50. The molecule has 1 N–H and O–H groups in total. The minimum Gasteiger partial charge on any atom is -0.464 e.